The third-order valence-corrected chi connectivity index (χ3v) is 2.91. The van der Waals surface area contributed by atoms with E-state index in [1.165, 1.54) is 18.5 Å². The van der Waals surface area contributed by atoms with Crippen molar-refractivity contribution >= 4 is 11.0 Å². The molecule has 0 unspecified atom stereocenters. The number of aromatic amines is 1. The Kier molecular flexibility index (Phi) is 2.63. The molecule has 4 nitrogen and oxygen atoms in total. The van der Waals surface area contributed by atoms with E-state index in [2.05, 4.69) is 9.97 Å². The third-order valence-electron chi connectivity index (χ3n) is 2.91. The van der Waals surface area contributed by atoms with E-state index in [0.717, 1.165) is 16.7 Å². The lowest BCUT2D eigenvalue weighted by Crippen LogP contribution is -2.14. The molecule has 0 saturated carbocycles. The van der Waals surface area contributed by atoms with E-state index in [9.17, 15) is 18.0 Å². The van der Waals surface area contributed by atoms with Crippen molar-refractivity contribution < 1.29 is 13.2 Å². The summed E-state index contributed by atoms with van der Waals surface area (Å²) in [5.74, 6) is 0. The lowest BCUT2D eigenvalue weighted by Gasteiger charge is -2.07. The Balaban J connectivity index is 2.32. The smallest absolute Gasteiger partial charge is 0.305 e. The molecule has 0 amide bonds. The van der Waals surface area contributed by atoms with E-state index >= 15 is 0 Å². The van der Waals surface area contributed by atoms with Gasteiger partial charge in [-0.2, -0.15) is 13.2 Å². The number of imidazole rings is 1. The Labute approximate surface area is 110 Å². The van der Waals surface area contributed by atoms with Gasteiger partial charge in [0.15, 0.2) is 0 Å². The minimum Gasteiger partial charge on any atom is -0.305 e. The molecule has 3 aromatic rings. The van der Waals surface area contributed by atoms with Gasteiger partial charge in [0.05, 0.1) is 28.5 Å². The van der Waals surface area contributed by atoms with Crippen LogP contribution in [-0.2, 0) is 6.18 Å². The summed E-state index contributed by atoms with van der Waals surface area (Å²) < 4.78 is 39.4. The van der Waals surface area contributed by atoms with Crippen molar-refractivity contribution in [3.63, 3.8) is 0 Å². The zero-order valence-electron chi connectivity index (χ0n) is 9.98. The maximum Gasteiger partial charge on any atom is 0.416 e. The number of rotatable bonds is 1. The molecule has 1 N–H and O–H groups in total. The molecule has 0 radical (unpaired) electrons. The van der Waals surface area contributed by atoms with Crippen molar-refractivity contribution in [2.45, 2.75) is 6.18 Å². The maximum atomic E-state index is 12.7. The molecule has 0 saturated heterocycles. The average molecular weight is 279 g/mol. The van der Waals surface area contributed by atoms with Crippen LogP contribution in [0.4, 0.5) is 13.2 Å². The molecule has 0 aliphatic heterocycles. The largest absolute Gasteiger partial charge is 0.416 e. The van der Waals surface area contributed by atoms with Crippen LogP contribution < -0.4 is 5.69 Å². The first kappa shape index (κ1) is 12.5. The van der Waals surface area contributed by atoms with Gasteiger partial charge in [-0.1, -0.05) is 0 Å². The second-order valence-corrected chi connectivity index (χ2v) is 4.21. The van der Waals surface area contributed by atoms with Gasteiger partial charge < -0.3 is 4.98 Å². The molecule has 1 aromatic carbocycles. The van der Waals surface area contributed by atoms with E-state index in [1.54, 1.807) is 12.1 Å². The quantitative estimate of drug-likeness (QED) is 0.744. The highest BCUT2D eigenvalue weighted by atomic mass is 19.4. The number of hydrogen-bond acceptors (Lipinski definition) is 2. The van der Waals surface area contributed by atoms with Crippen molar-refractivity contribution in [2.24, 2.45) is 0 Å². The molecule has 0 atom stereocenters. The molecule has 7 heteroatoms. The van der Waals surface area contributed by atoms with Crippen molar-refractivity contribution in [3.05, 3.63) is 58.8 Å². The molecule has 3 rings (SSSR count). The van der Waals surface area contributed by atoms with Gasteiger partial charge in [-0.15, -0.1) is 0 Å². The highest BCUT2D eigenvalue weighted by Crippen LogP contribution is 2.31. The second kappa shape index (κ2) is 4.22. The van der Waals surface area contributed by atoms with Crippen molar-refractivity contribution in [2.75, 3.05) is 0 Å². The summed E-state index contributed by atoms with van der Waals surface area (Å²) >= 11 is 0. The lowest BCUT2D eigenvalue weighted by molar-refractivity contribution is -0.137. The Bertz CT molecular complexity index is 818. The van der Waals surface area contributed by atoms with Crippen LogP contribution >= 0.6 is 0 Å². The molecule has 20 heavy (non-hydrogen) atoms. The summed E-state index contributed by atoms with van der Waals surface area (Å²) in [6.45, 7) is 0. The van der Waals surface area contributed by atoms with Gasteiger partial charge in [-0.05, 0) is 30.3 Å². The molecule has 0 spiro atoms. The fourth-order valence-electron chi connectivity index (χ4n) is 2.02. The summed E-state index contributed by atoms with van der Waals surface area (Å²) in [6.07, 6.45) is -1.53. The third kappa shape index (κ3) is 1.97. The molecule has 0 fully saturated rings. The number of pyridine rings is 1. The SMILES string of the molecule is O=c1[nH]c2ccc(C(F)(F)F)cc2n1-c1cccnc1. The normalized spacial score (nSPS) is 11.9. The Morgan fingerprint density at radius 1 is 1.20 bits per heavy atom. The molecular formula is C13H8F3N3O. The van der Waals surface area contributed by atoms with Gasteiger partial charge in [0, 0.05) is 6.20 Å². The summed E-state index contributed by atoms with van der Waals surface area (Å²) in [4.78, 5) is 18.3. The number of halogens is 3. The summed E-state index contributed by atoms with van der Waals surface area (Å²) in [6, 6.07) is 6.33. The fraction of sp³-hybridized carbons (Fsp3) is 0.0769. The van der Waals surface area contributed by atoms with Crippen molar-refractivity contribution in [1.82, 2.24) is 14.5 Å². The fourth-order valence-corrected chi connectivity index (χ4v) is 2.02. The van der Waals surface area contributed by atoms with Gasteiger partial charge in [-0.25, -0.2) is 4.79 Å². The Hall–Kier alpha value is -2.57. The van der Waals surface area contributed by atoms with E-state index in [4.69, 9.17) is 0 Å². The van der Waals surface area contributed by atoms with Crippen molar-refractivity contribution in [1.29, 1.82) is 0 Å². The summed E-state index contributed by atoms with van der Waals surface area (Å²) in [5, 5.41) is 0. The summed E-state index contributed by atoms with van der Waals surface area (Å²) in [5.41, 5.74) is -0.401. The highest BCUT2D eigenvalue weighted by Gasteiger charge is 2.31. The monoisotopic (exact) mass is 279 g/mol. The molecule has 0 aliphatic rings. The van der Waals surface area contributed by atoms with Crippen LogP contribution in [0.3, 0.4) is 0 Å². The van der Waals surface area contributed by atoms with E-state index in [0.29, 0.717) is 11.2 Å². The van der Waals surface area contributed by atoms with Crippen LogP contribution in [0.25, 0.3) is 16.7 Å². The lowest BCUT2D eigenvalue weighted by atomic mass is 10.2. The standard InChI is InChI=1S/C13H8F3N3O/c14-13(15,16)8-3-4-10-11(6-8)19(12(20)18-10)9-2-1-5-17-7-9/h1-7H,(H,18,20). The first-order valence-corrected chi connectivity index (χ1v) is 5.69. The van der Waals surface area contributed by atoms with Crippen LogP contribution in [0.5, 0.6) is 0 Å². The molecule has 102 valence electrons. The predicted octanol–water partition coefficient (Wildman–Crippen LogP) is 2.73. The maximum absolute atomic E-state index is 12.7. The summed E-state index contributed by atoms with van der Waals surface area (Å²) in [7, 11) is 0. The van der Waals surface area contributed by atoms with Crippen LogP contribution in [0.2, 0.25) is 0 Å². The van der Waals surface area contributed by atoms with E-state index in [-0.39, 0.29) is 5.52 Å². The molecule has 0 aliphatic carbocycles. The minimum absolute atomic E-state index is 0.165. The zero-order valence-corrected chi connectivity index (χ0v) is 9.98. The van der Waals surface area contributed by atoms with Crippen LogP contribution in [0.15, 0.2) is 47.5 Å². The Morgan fingerprint density at radius 2 is 2.00 bits per heavy atom. The van der Waals surface area contributed by atoms with Gasteiger partial charge in [0.25, 0.3) is 0 Å². The van der Waals surface area contributed by atoms with Gasteiger partial charge in [0.2, 0.25) is 0 Å². The van der Waals surface area contributed by atoms with Gasteiger partial charge in [-0.3, -0.25) is 9.55 Å². The molecule has 2 heterocycles. The zero-order chi connectivity index (χ0) is 14.3. The Morgan fingerprint density at radius 3 is 2.65 bits per heavy atom. The number of nitrogens with one attached hydrogen (secondary N) is 1. The van der Waals surface area contributed by atoms with E-state index in [1.807, 2.05) is 0 Å². The second-order valence-electron chi connectivity index (χ2n) is 4.21. The topological polar surface area (TPSA) is 50.7 Å². The van der Waals surface area contributed by atoms with Crippen LogP contribution in [0, 0.1) is 0 Å². The van der Waals surface area contributed by atoms with Gasteiger partial charge in [0.1, 0.15) is 0 Å². The number of fused-ring (bicyclic) bond motifs is 1. The molecule has 0 bridgehead atoms. The number of benzene rings is 1. The first-order valence-electron chi connectivity index (χ1n) is 5.69. The number of hydrogen-bond donors (Lipinski definition) is 1. The van der Waals surface area contributed by atoms with Crippen LogP contribution in [-0.4, -0.2) is 14.5 Å². The van der Waals surface area contributed by atoms with Crippen molar-refractivity contribution in [3.8, 4) is 5.69 Å². The van der Waals surface area contributed by atoms with E-state index < -0.39 is 17.4 Å². The first-order chi connectivity index (χ1) is 9.47. The molecule has 2 aromatic heterocycles. The van der Waals surface area contributed by atoms with Gasteiger partial charge >= 0.3 is 11.9 Å². The molecular weight excluding hydrogens is 271 g/mol. The number of alkyl halides is 3. The number of nitrogens with zero attached hydrogens (tertiary/aromatic N) is 2. The number of aromatic nitrogens is 3. The average Bonchev–Trinajstić information content (AvgIpc) is 2.73. The van der Waals surface area contributed by atoms with Crippen LogP contribution in [0.1, 0.15) is 5.56 Å². The highest BCUT2D eigenvalue weighted by molar-refractivity contribution is 5.78. The minimum atomic E-state index is -4.46. The number of H-pyrrole nitrogens is 1. The predicted molar refractivity (Wildman–Crippen MR) is 66.7 cm³/mol.